The Labute approximate surface area is 196 Å². The number of unbranched alkanes of at least 4 members (excludes halogenated alkanes) is 2. The molecule has 3 rings (SSSR count). The maximum atomic E-state index is 5.30. The summed E-state index contributed by atoms with van der Waals surface area (Å²) in [4.78, 5) is 14.0. The lowest BCUT2D eigenvalue weighted by atomic mass is 10.0. The first kappa shape index (κ1) is 24.2. The number of pyridine rings is 1. The Kier molecular flexibility index (Phi) is 9.23. The number of nitrogens with zero attached hydrogens (tertiary/aromatic N) is 7. The van der Waals surface area contributed by atoms with E-state index in [0.717, 1.165) is 72.6 Å². The van der Waals surface area contributed by atoms with Gasteiger partial charge in [-0.15, -0.1) is 5.11 Å². The number of rotatable bonds is 11. The summed E-state index contributed by atoms with van der Waals surface area (Å²) in [5.74, 6) is 7.81. The predicted octanol–water partition coefficient (Wildman–Crippen LogP) is 5.17. The second kappa shape index (κ2) is 12.6. The third-order valence-corrected chi connectivity index (χ3v) is 5.36. The average molecular weight is 447 g/mol. The summed E-state index contributed by atoms with van der Waals surface area (Å²) in [7, 11) is 0. The molecule has 2 aromatic heterocycles. The second-order valence-corrected chi connectivity index (χ2v) is 7.92. The zero-order valence-electron chi connectivity index (χ0n) is 19.9. The highest BCUT2D eigenvalue weighted by Crippen LogP contribution is 2.23. The molecular formula is C25H34N8. The van der Waals surface area contributed by atoms with Gasteiger partial charge in [-0.1, -0.05) is 62.2 Å². The summed E-state index contributed by atoms with van der Waals surface area (Å²) in [6, 6.07) is 12.0. The average Bonchev–Trinajstić information content (AvgIpc) is 3.23. The van der Waals surface area contributed by atoms with Crippen molar-refractivity contribution in [2.45, 2.75) is 65.8 Å². The highest BCUT2D eigenvalue weighted by molar-refractivity contribution is 6.04. The summed E-state index contributed by atoms with van der Waals surface area (Å²) in [5, 5.41) is 12.2. The number of nitrogens with two attached hydrogens (primary N) is 1. The summed E-state index contributed by atoms with van der Waals surface area (Å²) in [6.45, 7) is 7.60. The fraction of sp³-hybridized carbons (Fsp3) is 0.440. The van der Waals surface area contributed by atoms with Crippen LogP contribution >= 0.6 is 0 Å². The fourth-order valence-electron chi connectivity index (χ4n) is 3.64. The van der Waals surface area contributed by atoms with Gasteiger partial charge in [-0.2, -0.15) is 5.10 Å². The van der Waals surface area contributed by atoms with Gasteiger partial charge in [-0.25, -0.2) is 9.67 Å². The summed E-state index contributed by atoms with van der Waals surface area (Å²) >= 11 is 0. The van der Waals surface area contributed by atoms with Crippen molar-refractivity contribution in [1.29, 1.82) is 0 Å². The Hall–Kier alpha value is -3.42. The number of amidine groups is 1. The van der Waals surface area contributed by atoms with Crippen LogP contribution in [-0.4, -0.2) is 32.1 Å². The Morgan fingerprint density at radius 1 is 1.00 bits per heavy atom. The monoisotopic (exact) mass is 446 g/mol. The number of aliphatic imine (C=N–C) groups is 1. The summed E-state index contributed by atoms with van der Waals surface area (Å²) < 4.78 is 2.04. The number of hydrogen-bond acceptors (Lipinski definition) is 5. The van der Waals surface area contributed by atoms with E-state index in [1.807, 2.05) is 48.1 Å². The molecule has 3 aromatic rings. The van der Waals surface area contributed by atoms with E-state index in [-0.39, 0.29) is 0 Å². The van der Waals surface area contributed by atoms with Crippen molar-refractivity contribution in [1.82, 2.24) is 19.7 Å². The molecule has 8 nitrogen and oxygen atoms in total. The number of aryl methyl sites for hydroxylation is 2. The third kappa shape index (κ3) is 6.54. The van der Waals surface area contributed by atoms with Gasteiger partial charge in [0.15, 0.2) is 11.7 Å². The Morgan fingerprint density at radius 2 is 1.79 bits per heavy atom. The highest BCUT2D eigenvalue weighted by atomic mass is 15.3. The maximum Gasteiger partial charge on any atom is 0.179 e. The molecule has 0 fully saturated rings. The maximum absolute atomic E-state index is 5.30. The molecule has 2 heterocycles. The fourth-order valence-corrected chi connectivity index (χ4v) is 3.64. The minimum absolute atomic E-state index is 0.504. The summed E-state index contributed by atoms with van der Waals surface area (Å²) in [5.41, 5.74) is 3.73. The van der Waals surface area contributed by atoms with Crippen molar-refractivity contribution in [3.05, 3.63) is 65.4 Å². The lowest BCUT2D eigenvalue weighted by Gasteiger charge is -2.10. The molecule has 174 valence electrons. The first-order valence-electron chi connectivity index (χ1n) is 11.8. The Morgan fingerprint density at radius 3 is 2.48 bits per heavy atom. The SMILES string of the molecule is CCCCc1nc(CCCC)n(Cc2ccc(-c3ccccc3C(N=NN)=NCC)nc2)n1. The first-order chi connectivity index (χ1) is 16.2. The van der Waals surface area contributed by atoms with Gasteiger partial charge in [0.05, 0.1) is 12.2 Å². The molecule has 0 amide bonds. The van der Waals surface area contributed by atoms with Crippen molar-refractivity contribution in [2.75, 3.05) is 6.54 Å². The molecule has 0 unspecified atom stereocenters. The molecule has 0 saturated heterocycles. The van der Waals surface area contributed by atoms with Crippen LogP contribution < -0.4 is 5.84 Å². The quantitative estimate of drug-likeness (QED) is 0.144. The number of benzene rings is 1. The molecular weight excluding hydrogens is 412 g/mol. The molecule has 0 radical (unpaired) electrons. The van der Waals surface area contributed by atoms with Gasteiger partial charge in [0.25, 0.3) is 0 Å². The third-order valence-electron chi connectivity index (χ3n) is 5.36. The zero-order valence-corrected chi connectivity index (χ0v) is 19.9. The van der Waals surface area contributed by atoms with Crippen LogP contribution in [0.2, 0.25) is 0 Å². The van der Waals surface area contributed by atoms with Crippen molar-refractivity contribution in [3.8, 4) is 11.3 Å². The molecule has 0 bridgehead atoms. The van der Waals surface area contributed by atoms with Crippen LogP contribution in [0.5, 0.6) is 0 Å². The molecule has 0 aliphatic carbocycles. The standard InChI is InChI=1S/C25H34N8/c1-4-7-13-23-29-24(14-8-5-2)33(31-23)18-19-15-16-22(28-17-19)20-11-9-10-12-21(20)25(27-6-3)30-32-26/h9-12,15-17H,4-8,13-14,18H2,1-3H3,(H2,26,27,30). The van der Waals surface area contributed by atoms with Gasteiger partial charge in [0.1, 0.15) is 5.82 Å². The number of aromatic nitrogens is 4. The summed E-state index contributed by atoms with van der Waals surface area (Å²) in [6.07, 6.45) is 8.29. The van der Waals surface area contributed by atoms with E-state index in [9.17, 15) is 0 Å². The smallest absolute Gasteiger partial charge is 0.179 e. The Bertz CT molecular complexity index is 1070. The van der Waals surface area contributed by atoms with Crippen LogP contribution in [-0.2, 0) is 19.4 Å². The van der Waals surface area contributed by atoms with Crippen molar-refractivity contribution in [2.24, 2.45) is 21.2 Å². The molecule has 33 heavy (non-hydrogen) atoms. The van der Waals surface area contributed by atoms with Gasteiger partial charge in [-0.3, -0.25) is 9.98 Å². The lowest BCUT2D eigenvalue weighted by Crippen LogP contribution is -2.08. The van der Waals surface area contributed by atoms with E-state index in [1.54, 1.807) is 0 Å². The van der Waals surface area contributed by atoms with Gasteiger partial charge >= 0.3 is 0 Å². The van der Waals surface area contributed by atoms with E-state index >= 15 is 0 Å². The van der Waals surface area contributed by atoms with Crippen molar-refractivity contribution < 1.29 is 0 Å². The number of hydrogen-bond donors (Lipinski definition) is 1. The van der Waals surface area contributed by atoms with Crippen LogP contribution in [0, 0.1) is 0 Å². The zero-order chi connectivity index (χ0) is 23.5. The second-order valence-electron chi connectivity index (χ2n) is 7.92. The van der Waals surface area contributed by atoms with Crippen LogP contribution in [0.1, 0.15) is 69.2 Å². The van der Waals surface area contributed by atoms with Crippen molar-refractivity contribution in [3.63, 3.8) is 0 Å². The van der Waals surface area contributed by atoms with Gasteiger partial charge in [-0.05, 0) is 31.4 Å². The van der Waals surface area contributed by atoms with E-state index in [2.05, 4.69) is 35.2 Å². The van der Waals surface area contributed by atoms with E-state index in [0.29, 0.717) is 18.9 Å². The molecule has 1 aromatic carbocycles. The molecule has 0 aliphatic heterocycles. The van der Waals surface area contributed by atoms with Crippen LogP contribution in [0.25, 0.3) is 11.3 Å². The normalized spacial score (nSPS) is 12.0. The molecule has 2 N–H and O–H groups in total. The van der Waals surface area contributed by atoms with E-state index in [1.165, 1.54) is 0 Å². The first-order valence-corrected chi connectivity index (χ1v) is 11.8. The molecule has 0 saturated carbocycles. The molecule has 8 heteroatoms. The molecule has 0 aliphatic rings. The van der Waals surface area contributed by atoms with Gasteiger partial charge < -0.3 is 5.84 Å². The van der Waals surface area contributed by atoms with Crippen LogP contribution in [0.15, 0.2) is 57.9 Å². The van der Waals surface area contributed by atoms with Gasteiger partial charge in [0, 0.05) is 36.7 Å². The van der Waals surface area contributed by atoms with E-state index in [4.69, 9.17) is 20.9 Å². The largest absolute Gasteiger partial charge is 0.305 e. The minimum atomic E-state index is 0.504. The lowest BCUT2D eigenvalue weighted by molar-refractivity contribution is 0.611. The predicted molar refractivity (Wildman–Crippen MR) is 132 cm³/mol. The Balaban J connectivity index is 1.85. The minimum Gasteiger partial charge on any atom is -0.305 e. The molecule has 0 atom stereocenters. The molecule has 0 spiro atoms. The highest BCUT2D eigenvalue weighted by Gasteiger charge is 2.13. The van der Waals surface area contributed by atoms with Gasteiger partial charge in [0.2, 0.25) is 0 Å². The van der Waals surface area contributed by atoms with E-state index < -0.39 is 0 Å². The van der Waals surface area contributed by atoms with Crippen LogP contribution in [0.4, 0.5) is 0 Å². The van der Waals surface area contributed by atoms with Crippen LogP contribution in [0.3, 0.4) is 0 Å². The topological polar surface area (TPSA) is 107 Å². The van der Waals surface area contributed by atoms with Crippen molar-refractivity contribution >= 4 is 5.84 Å².